The highest BCUT2D eigenvalue weighted by molar-refractivity contribution is 7.16. The molecule has 1 unspecified atom stereocenters. The molecule has 0 radical (unpaired) electrons. The van der Waals surface area contributed by atoms with E-state index in [4.69, 9.17) is 0 Å². The Labute approximate surface area is 138 Å². The van der Waals surface area contributed by atoms with Gasteiger partial charge in [0.2, 0.25) is 0 Å². The van der Waals surface area contributed by atoms with Crippen molar-refractivity contribution in [1.82, 2.24) is 10.2 Å². The number of aryl methyl sites for hydroxylation is 1. The number of thiophene rings is 1. The minimum absolute atomic E-state index is 0.0502. The van der Waals surface area contributed by atoms with Crippen LogP contribution in [0.1, 0.15) is 38.1 Å². The summed E-state index contributed by atoms with van der Waals surface area (Å²) >= 11 is 1.66. The highest BCUT2D eigenvalue weighted by Gasteiger charge is 2.33. The van der Waals surface area contributed by atoms with Crippen LogP contribution in [0.3, 0.4) is 0 Å². The van der Waals surface area contributed by atoms with E-state index in [2.05, 4.69) is 22.6 Å². The molecule has 0 fully saturated rings. The first-order valence-corrected chi connectivity index (χ1v) is 8.54. The number of hydrogen-bond acceptors (Lipinski definition) is 5. The quantitative estimate of drug-likeness (QED) is 0.752. The van der Waals surface area contributed by atoms with Crippen LogP contribution in [0.15, 0.2) is 18.2 Å². The SMILES string of the molecule is Cc1ccc(C2NC(=O)c3c(sc4c3CCN(C)C4)N2)c(O)c1. The summed E-state index contributed by atoms with van der Waals surface area (Å²) in [6, 6.07) is 5.51. The number of fused-ring (bicyclic) bond motifs is 3. The molecule has 2 aliphatic rings. The Morgan fingerprint density at radius 1 is 1.35 bits per heavy atom. The summed E-state index contributed by atoms with van der Waals surface area (Å²) in [5, 5.41) is 17.5. The molecular weight excluding hydrogens is 310 g/mol. The number of aromatic hydroxyl groups is 1. The zero-order valence-corrected chi connectivity index (χ0v) is 14.0. The topological polar surface area (TPSA) is 64.6 Å². The first-order chi connectivity index (χ1) is 11.0. The van der Waals surface area contributed by atoms with Crippen LogP contribution in [0.2, 0.25) is 0 Å². The van der Waals surface area contributed by atoms with Crippen LogP contribution in [0.25, 0.3) is 0 Å². The summed E-state index contributed by atoms with van der Waals surface area (Å²) in [7, 11) is 2.10. The maximum Gasteiger partial charge on any atom is 0.256 e. The number of likely N-dealkylation sites (N-methyl/N-ethyl adjacent to an activating group) is 1. The molecule has 120 valence electrons. The molecule has 5 nitrogen and oxygen atoms in total. The van der Waals surface area contributed by atoms with E-state index in [9.17, 15) is 9.90 Å². The molecule has 4 rings (SSSR count). The number of benzene rings is 1. The van der Waals surface area contributed by atoms with Gasteiger partial charge in [0.1, 0.15) is 16.9 Å². The van der Waals surface area contributed by atoms with Gasteiger partial charge in [-0.3, -0.25) is 4.79 Å². The van der Waals surface area contributed by atoms with Crippen molar-refractivity contribution in [1.29, 1.82) is 0 Å². The van der Waals surface area contributed by atoms with Crippen LogP contribution in [0.4, 0.5) is 5.00 Å². The van der Waals surface area contributed by atoms with E-state index in [1.54, 1.807) is 17.4 Å². The van der Waals surface area contributed by atoms with E-state index in [0.717, 1.165) is 35.6 Å². The van der Waals surface area contributed by atoms with Crippen molar-refractivity contribution >= 4 is 22.2 Å². The minimum atomic E-state index is -0.395. The van der Waals surface area contributed by atoms with E-state index in [0.29, 0.717) is 5.56 Å². The molecule has 3 heterocycles. The van der Waals surface area contributed by atoms with Crippen molar-refractivity contribution < 1.29 is 9.90 Å². The summed E-state index contributed by atoms with van der Waals surface area (Å²) in [4.78, 5) is 16.2. The van der Waals surface area contributed by atoms with Gasteiger partial charge in [0, 0.05) is 23.5 Å². The molecule has 2 aliphatic heterocycles. The van der Waals surface area contributed by atoms with E-state index in [-0.39, 0.29) is 11.7 Å². The van der Waals surface area contributed by atoms with E-state index in [1.807, 2.05) is 19.1 Å². The third-order valence-electron chi connectivity index (χ3n) is 4.52. The van der Waals surface area contributed by atoms with Gasteiger partial charge in [-0.25, -0.2) is 0 Å². The molecule has 0 aliphatic carbocycles. The van der Waals surface area contributed by atoms with Gasteiger partial charge in [0.25, 0.3) is 5.91 Å². The second-order valence-corrected chi connectivity index (χ2v) is 7.41. The predicted octanol–water partition coefficient (Wildman–Crippen LogP) is 2.60. The van der Waals surface area contributed by atoms with Crippen LogP contribution in [0.5, 0.6) is 5.75 Å². The average Bonchev–Trinajstić information content (AvgIpc) is 2.84. The fourth-order valence-electron chi connectivity index (χ4n) is 3.30. The Balaban J connectivity index is 1.71. The number of nitrogens with one attached hydrogen (secondary N) is 2. The second kappa shape index (κ2) is 5.25. The third kappa shape index (κ3) is 2.38. The zero-order valence-electron chi connectivity index (χ0n) is 13.1. The Morgan fingerprint density at radius 2 is 2.17 bits per heavy atom. The number of phenolic OH excluding ortho intramolecular Hbond substituents is 1. The summed E-state index contributed by atoms with van der Waals surface area (Å²) in [6.07, 6.45) is 0.515. The van der Waals surface area contributed by atoms with Gasteiger partial charge in [0.15, 0.2) is 0 Å². The first-order valence-electron chi connectivity index (χ1n) is 7.73. The normalized spacial score (nSPS) is 20.4. The van der Waals surface area contributed by atoms with Crippen molar-refractivity contribution in [2.75, 3.05) is 18.9 Å². The molecule has 0 bridgehead atoms. The molecule has 2 aromatic rings. The van der Waals surface area contributed by atoms with Gasteiger partial charge in [-0.05, 0) is 37.6 Å². The number of hydrogen-bond donors (Lipinski definition) is 3. The summed E-state index contributed by atoms with van der Waals surface area (Å²) in [5.74, 6) is 0.151. The zero-order chi connectivity index (χ0) is 16.1. The number of nitrogens with zero attached hydrogens (tertiary/aromatic N) is 1. The fraction of sp³-hybridized carbons (Fsp3) is 0.353. The number of phenols is 1. The lowest BCUT2D eigenvalue weighted by Crippen LogP contribution is -2.38. The number of anilines is 1. The van der Waals surface area contributed by atoms with Crippen LogP contribution in [-0.4, -0.2) is 29.5 Å². The molecule has 0 saturated heterocycles. The van der Waals surface area contributed by atoms with Crippen molar-refractivity contribution in [3.63, 3.8) is 0 Å². The van der Waals surface area contributed by atoms with Gasteiger partial charge in [-0.15, -0.1) is 11.3 Å². The van der Waals surface area contributed by atoms with Gasteiger partial charge in [0.05, 0.1) is 5.56 Å². The molecule has 1 amide bonds. The smallest absolute Gasteiger partial charge is 0.256 e. The lowest BCUT2D eigenvalue weighted by atomic mass is 10.00. The monoisotopic (exact) mass is 329 g/mol. The second-order valence-electron chi connectivity index (χ2n) is 6.31. The summed E-state index contributed by atoms with van der Waals surface area (Å²) in [5.41, 5.74) is 3.66. The molecule has 1 aromatic heterocycles. The van der Waals surface area contributed by atoms with Gasteiger partial charge in [-0.1, -0.05) is 12.1 Å². The average molecular weight is 329 g/mol. The Hall–Kier alpha value is -2.05. The maximum atomic E-state index is 12.6. The number of amides is 1. The van der Waals surface area contributed by atoms with Crippen LogP contribution in [0, 0.1) is 6.92 Å². The molecule has 23 heavy (non-hydrogen) atoms. The van der Waals surface area contributed by atoms with Crippen molar-refractivity contribution in [3.8, 4) is 5.75 Å². The number of rotatable bonds is 1. The molecule has 0 saturated carbocycles. The molecule has 1 atom stereocenters. The molecule has 3 N–H and O–H groups in total. The molecular formula is C17H19N3O2S. The molecule has 1 aromatic carbocycles. The van der Waals surface area contributed by atoms with E-state index < -0.39 is 6.17 Å². The van der Waals surface area contributed by atoms with Crippen LogP contribution >= 0.6 is 11.3 Å². The van der Waals surface area contributed by atoms with Crippen LogP contribution in [-0.2, 0) is 13.0 Å². The highest BCUT2D eigenvalue weighted by atomic mass is 32.1. The lowest BCUT2D eigenvalue weighted by molar-refractivity contribution is 0.0934. The third-order valence-corrected chi connectivity index (χ3v) is 5.67. The molecule has 0 spiro atoms. The van der Waals surface area contributed by atoms with Crippen molar-refractivity contribution in [3.05, 3.63) is 45.3 Å². The van der Waals surface area contributed by atoms with Crippen molar-refractivity contribution in [2.45, 2.75) is 26.1 Å². The lowest BCUT2D eigenvalue weighted by Gasteiger charge is -2.27. The van der Waals surface area contributed by atoms with Gasteiger partial charge >= 0.3 is 0 Å². The Bertz CT molecular complexity index is 799. The first kappa shape index (κ1) is 14.5. The van der Waals surface area contributed by atoms with E-state index in [1.165, 1.54) is 10.4 Å². The van der Waals surface area contributed by atoms with Gasteiger partial charge in [-0.2, -0.15) is 0 Å². The predicted molar refractivity (Wildman–Crippen MR) is 91.0 cm³/mol. The van der Waals surface area contributed by atoms with Crippen molar-refractivity contribution in [2.24, 2.45) is 0 Å². The Morgan fingerprint density at radius 3 is 2.96 bits per heavy atom. The fourth-order valence-corrected chi connectivity index (χ4v) is 4.65. The standard InChI is InChI=1S/C17H19N3O2S/c1-9-3-4-10(12(21)7-9)15-18-16(22)14-11-5-6-20(2)8-13(11)23-17(14)19-15/h3-4,7,15,19,21H,5-6,8H2,1-2H3,(H,18,22). The number of carbonyl (C=O) groups is 1. The maximum absolute atomic E-state index is 12.6. The van der Waals surface area contributed by atoms with E-state index >= 15 is 0 Å². The minimum Gasteiger partial charge on any atom is -0.508 e. The summed E-state index contributed by atoms with van der Waals surface area (Å²) in [6.45, 7) is 3.80. The number of carbonyl (C=O) groups excluding carboxylic acids is 1. The summed E-state index contributed by atoms with van der Waals surface area (Å²) < 4.78 is 0. The Kier molecular flexibility index (Phi) is 3.32. The van der Waals surface area contributed by atoms with Gasteiger partial charge < -0.3 is 20.6 Å². The largest absolute Gasteiger partial charge is 0.508 e. The highest BCUT2D eigenvalue weighted by Crippen LogP contribution is 2.41. The van der Waals surface area contributed by atoms with Crippen LogP contribution < -0.4 is 10.6 Å². The molecule has 6 heteroatoms.